The lowest BCUT2D eigenvalue weighted by atomic mass is 10.2. The van der Waals surface area contributed by atoms with Crippen molar-refractivity contribution in [1.82, 2.24) is 0 Å². The van der Waals surface area contributed by atoms with Crippen LogP contribution in [-0.4, -0.2) is 45.6 Å². The average Bonchev–Trinajstić information content (AvgIpc) is 2.53. The van der Waals surface area contributed by atoms with E-state index in [1.165, 1.54) is 19.1 Å². The Morgan fingerprint density at radius 3 is 1.96 bits per heavy atom. The number of esters is 2. The first-order valence-electron chi connectivity index (χ1n) is 7.59. The van der Waals surface area contributed by atoms with Crippen molar-refractivity contribution in [2.45, 2.75) is 38.7 Å². The van der Waals surface area contributed by atoms with Crippen molar-refractivity contribution in [3.05, 3.63) is 29.8 Å². The van der Waals surface area contributed by atoms with E-state index >= 15 is 0 Å². The highest BCUT2D eigenvalue weighted by Gasteiger charge is 2.32. The molecular formula is C16H21NO7S. The van der Waals surface area contributed by atoms with Gasteiger partial charge in [0.05, 0.1) is 18.1 Å². The number of benzene rings is 1. The van der Waals surface area contributed by atoms with Crippen molar-refractivity contribution in [2.75, 3.05) is 13.2 Å². The maximum absolute atomic E-state index is 12.2. The molecule has 0 aromatic heterocycles. The number of rotatable bonds is 7. The summed E-state index contributed by atoms with van der Waals surface area (Å²) in [6.45, 7) is 6.20. The quantitative estimate of drug-likeness (QED) is 0.310. The van der Waals surface area contributed by atoms with Crippen LogP contribution in [0.15, 0.2) is 33.6 Å². The van der Waals surface area contributed by atoms with Gasteiger partial charge in [0.1, 0.15) is 0 Å². The largest absolute Gasteiger partial charge is 0.463 e. The van der Waals surface area contributed by atoms with Crippen LogP contribution >= 0.6 is 0 Å². The molecule has 0 aliphatic rings. The first kappa shape index (κ1) is 20.6. The Bertz CT molecular complexity index is 720. The Balaban J connectivity index is 3.03. The number of aryl methyl sites for hydroxylation is 1. The number of sulfonamides is 1. The molecule has 25 heavy (non-hydrogen) atoms. The van der Waals surface area contributed by atoms with E-state index in [9.17, 15) is 18.0 Å². The van der Waals surface area contributed by atoms with Crippen LogP contribution in [0.1, 0.15) is 26.3 Å². The van der Waals surface area contributed by atoms with Crippen LogP contribution in [-0.2, 0) is 33.8 Å². The van der Waals surface area contributed by atoms with Gasteiger partial charge in [-0.25, -0.2) is 9.59 Å². The maximum Gasteiger partial charge on any atom is 0.359 e. The second kappa shape index (κ2) is 9.16. The molecule has 0 fully saturated rings. The van der Waals surface area contributed by atoms with Gasteiger partial charge in [-0.15, -0.1) is 4.40 Å². The number of hydrogen-bond donors (Lipinski definition) is 0. The summed E-state index contributed by atoms with van der Waals surface area (Å²) in [5.41, 5.74) is 0.889. The number of nitrogens with zero attached hydrogens (tertiary/aromatic N) is 1. The van der Waals surface area contributed by atoms with Gasteiger partial charge in [-0.05, 0) is 32.9 Å². The van der Waals surface area contributed by atoms with Crippen molar-refractivity contribution in [3.63, 3.8) is 0 Å². The predicted molar refractivity (Wildman–Crippen MR) is 89.6 cm³/mol. The molecule has 9 heteroatoms. The zero-order valence-electron chi connectivity index (χ0n) is 14.5. The lowest BCUT2D eigenvalue weighted by Gasteiger charge is -2.15. The summed E-state index contributed by atoms with van der Waals surface area (Å²) in [6.07, 6.45) is -1.74. The molecule has 1 aromatic carbocycles. The molecule has 0 radical (unpaired) electrons. The highest BCUT2D eigenvalue weighted by Crippen LogP contribution is 2.14. The maximum atomic E-state index is 12.2. The summed E-state index contributed by atoms with van der Waals surface area (Å²) in [5.74, 6) is -2.35. The van der Waals surface area contributed by atoms with E-state index < -0.39 is 28.1 Å². The second-order valence-electron chi connectivity index (χ2n) is 4.90. The molecule has 8 nitrogen and oxygen atoms in total. The standard InChI is InChI=1S/C16H21NO7S/c1-5-22-15(18)14(16(19)23-6-2)24-12(4)17-25(20,21)13-9-7-11(3)8-10-13/h7-10,14H,5-6H2,1-4H3. The normalized spacial score (nSPS) is 12.0. The van der Waals surface area contributed by atoms with Crippen molar-refractivity contribution in [3.8, 4) is 0 Å². The molecule has 0 amide bonds. The summed E-state index contributed by atoms with van der Waals surface area (Å²) in [4.78, 5) is 23.6. The Morgan fingerprint density at radius 2 is 1.52 bits per heavy atom. The molecule has 1 aromatic rings. The van der Waals surface area contributed by atoms with Gasteiger partial charge in [0.25, 0.3) is 16.1 Å². The summed E-state index contributed by atoms with van der Waals surface area (Å²) in [7, 11) is -4.04. The van der Waals surface area contributed by atoms with Crippen LogP contribution in [0.3, 0.4) is 0 Å². The molecule has 0 atom stereocenters. The minimum atomic E-state index is -4.04. The number of hydrogen-bond acceptors (Lipinski definition) is 7. The highest BCUT2D eigenvalue weighted by atomic mass is 32.2. The smallest absolute Gasteiger partial charge is 0.359 e. The Kier molecular flexibility index (Phi) is 7.56. The van der Waals surface area contributed by atoms with Gasteiger partial charge in [0.15, 0.2) is 5.90 Å². The fraction of sp³-hybridized carbons (Fsp3) is 0.438. The van der Waals surface area contributed by atoms with Crippen LogP contribution in [0, 0.1) is 6.92 Å². The van der Waals surface area contributed by atoms with Gasteiger partial charge in [-0.2, -0.15) is 8.42 Å². The molecule has 0 heterocycles. The van der Waals surface area contributed by atoms with E-state index in [1.54, 1.807) is 26.0 Å². The zero-order chi connectivity index (χ0) is 19.0. The molecule has 0 saturated heterocycles. The zero-order valence-corrected chi connectivity index (χ0v) is 15.3. The Labute approximate surface area is 146 Å². The van der Waals surface area contributed by atoms with Gasteiger partial charge >= 0.3 is 11.9 Å². The SMILES string of the molecule is CCOC(=O)C(OC(C)=NS(=O)(=O)c1ccc(C)cc1)C(=O)OCC. The third kappa shape index (κ3) is 6.18. The second-order valence-corrected chi connectivity index (χ2v) is 6.50. The molecule has 0 saturated carbocycles. The van der Waals surface area contributed by atoms with Crippen molar-refractivity contribution < 1.29 is 32.2 Å². The Morgan fingerprint density at radius 1 is 1.04 bits per heavy atom. The van der Waals surface area contributed by atoms with E-state index in [2.05, 4.69) is 4.40 Å². The minimum absolute atomic E-state index is 0.0238. The third-order valence-corrected chi connectivity index (χ3v) is 4.22. The molecule has 0 spiro atoms. The van der Waals surface area contributed by atoms with Crippen LogP contribution in [0.5, 0.6) is 0 Å². The first-order chi connectivity index (χ1) is 11.7. The number of carbonyl (C=O) groups excluding carboxylic acids is 2. The summed E-state index contributed by atoms with van der Waals surface area (Å²) in [6, 6.07) is 6.04. The van der Waals surface area contributed by atoms with Crippen molar-refractivity contribution >= 4 is 27.9 Å². The fourth-order valence-electron chi connectivity index (χ4n) is 1.75. The van der Waals surface area contributed by atoms with E-state index in [1.807, 2.05) is 6.92 Å². The van der Waals surface area contributed by atoms with E-state index in [4.69, 9.17) is 14.2 Å². The Hall–Kier alpha value is -2.42. The van der Waals surface area contributed by atoms with Gasteiger partial charge in [-0.1, -0.05) is 17.7 Å². The van der Waals surface area contributed by atoms with Crippen LogP contribution in [0.25, 0.3) is 0 Å². The van der Waals surface area contributed by atoms with E-state index in [-0.39, 0.29) is 24.0 Å². The molecular weight excluding hydrogens is 350 g/mol. The van der Waals surface area contributed by atoms with Gasteiger partial charge in [0.2, 0.25) is 0 Å². The monoisotopic (exact) mass is 371 g/mol. The fourth-order valence-corrected chi connectivity index (χ4v) is 2.72. The van der Waals surface area contributed by atoms with E-state index in [0.717, 1.165) is 5.56 Å². The topological polar surface area (TPSA) is 108 Å². The lowest BCUT2D eigenvalue weighted by Crippen LogP contribution is -2.37. The average molecular weight is 371 g/mol. The molecule has 138 valence electrons. The van der Waals surface area contributed by atoms with E-state index in [0.29, 0.717) is 0 Å². The predicted octanol–water partition coefficient (Wildman–Crippen LogP) is 1.61. The van der Waals surface area contributed by atoms with Crippen molar-refractivity contribution in [1.29, 1.82) is 0 Å². The number of ether oxygens (including phenoxy) is 3. The molecule has 0 N–H and O–H groups in total. The van der Waals surface area contributed by atoms with Gasteiger partial charge in [-0.3, -0.25) is 0 Å². The first-order valence-corrected chi connectivity index (χ1v) is 9.03. The molecule has 0 bridgehead atoms. The van der Waals surface area contributed by atoms with Crippen LogP contribution in [0.2, 0.25) is 0 Å². The van der Waals surface area contributed by atoms with Crippen molar-refractivity contribution in [2.24, 2.45) is 4.40 Å². The summed E-state index contributed by atoms with van der Waals surface area (Å²) < 4.78 is 42.5. The minimum Gasteiger partial charge on any atom is -0.463 e. The molecule has 0 aliphatic carbocycles. The van der Waals surface area contributed by atoms with Gasteiger partial charge < -0.3 is 14.2 Å². The van der Waals surface area contributed by atoms with Crippen LogP contribution in [0.4, 0.5) is 0 Å². The third-order valence-electron chi connectivity index (χ3n) is 2.86. The molecule has 0 aliphatic heterocycles. The van der Waals surface area contributed by atoms with Gasteiger partial charge in [0, 0.05) is 6.92 Å². The summed E-state index contributed by atoms with van der Waals surface area (Å²) >= 11 is 0. The van der Waals surface area contributed by atoms with Crippen LogP contribution < -0.4 is 0 Å². The summed E-state index contributed by atoms with van der Waals surface area (Å²) in [5, 5.41) is 0. The highest BCUT2D eigenvalue weighted by molar-refractivity contribution is 7.90. The molecule has 1 rings (SSSR count). The number of carbonyl (C=O) groups is 2. The lowest BCUT2D eigenvalue weighted by molar-refractivity contribution is -0.167. The molecule has 0 unspecified atom stereocenters.